The molecule has 0 radical (unpaired) electrons. The molecule has 1 N–H and O–H groups in total. The zero-order valence-corrected chi connectivity index (χ0v) is 13.2. The van der Waals surface area contributed by atoms with Gasteiger partial charge >= 0.3 is 0 Å². The van der Waals surface area contributed by atoms with E-state index in [1.165, 1.54) is 18.2 Å². The van der Waals surface area contributed by atoms with E-state index in [1.54, 1.807) is 13.0 Å². The Labute approximate surface area is 127 Å². The summed E-state index contributed by atoms with van der Waals surface area (Å²) in [5.41, 5.74) is 1.71. The van der Waals surface area contributed by atoms with Crippen molar-refractivity contribution in [2.75, 3.05) is 5.32 Å². The van der Waals surface area contributed by atoms with Gasteiger partial charge in [0, 0.05) is 14.5 Å². The largest absolute Gasteiger partial charge is 0.321 e. The molecule has 98 valence electrons. The first-order valence-corrected chi connectivity index (χ1v) is 7.08. The molecule has 0 saturated carbocycles. The standard InChI is InChI=1S/C14H10Br2FNO/c1-8-6-10(17)3-4-11(8)14(19)18-13-7-9(15)2-5-12(13)16/h2-7H,1H3,(H,18,19). The van der Waals surface area contributed by atoms with Gasteiger partial charge in [-0.15, -0.1) is 0 Å². The third kappa shape index (κ3) is 3.42. The van der Waals surface area contributed by atoms with Gasteiger partial charge in [0.05, 0.1) is 5.69 Å². The molecule has 0 atom stereocenters. The average Bonchev–Trinajstić information content (AvgIpc) is 2.33. The Kier molecular flexibility index (Phi) is 4.37. The van der Waals surface area contributed by atoms with Gasteiger partial charge in [-0.05, 0) is 64.8 Å². The lowest BCUT2D eigenvalue weighted by atomic mass is 10.1. The summed E-state index contributed by atoms with van der Waals surface area (Å²) in [5, 5.41) is 2.79. The van der Waals surface area contributed by atoms with Crippen LogP contribution in [-0.4, -0.2) is 5.91 Å². The van der Waals surface area contributed by atoms with Gasteiger partial charge < -0.3 is 5.32 Å². The first-order valence-electron chi connectivity index (χ1n) is 5.50. The normalized spacial score (nSPS) is 10.3. The van der Waals surface area contributed by atoms with Crippen LogP contribution in [0.15, 0.2) is 45.3 Å². The van der Waals surface area contributed by atoms with Crippen molar-refractivity contribution in [1.29, 1.82) is 0 Å². The summed E-state index contributed by atoms with van der Waals surface area (Å²) in [7, 11) is 0. The lowest BCUT2D eigenvalue weighted by Gasteiger charge is -2.09. The molecule has 0 spiro atoms. The van der Waals surface area contributed by atoms with Crippen molar-refractivity contribution in [2.45, 2.75) is 6.92 Å². The zero-order chi connectivity index (χ0) is 14.0. The van der Waals surface area contributed by atoms with Crippen molar-refractivity contribution in [3.05, 3.63) is 62.3 Å². The lowest BCUT2D eigenvalue weighted by molar-refractivity contribution is 0.102. The summed E-state index contributed by atoms with van der Waals surface area (Å²) in [6.45, 7) is 1.70. The number of benzene rings is 2. The second-order valence-electron chi connectivity index (χ2n) is 4.04. The third-order valence-corrected chi connectivity index (χ3v) is 3.79. The summed E-state index contributed by atoms with van der Waals surface area (Å²) in [6.07, 6.45) is 0. The van der Waals surface area contributed by atoms with Crippen molar-refractivity contribution in [2.24, 2.45) is 0 Å². The number of rotatable bonds is 2. The molecule has 0 unspecified atom stereocenters. The van der Waals surface area contributed by atoms with Gasteiger partial charge in [0.2, 0.25) is 0 Å². The van der Waals surface area contributed by atoms with E-state index in [0.29, 0.717) is 16.8 Å². The first-order chi connectivity index (χ1) is 8.97. The van der Waals surface area contributed by atoms with Gasteiger partial charge in [-0.2, -0.15) is 0 Å². The van der Waals surface area contributed by atoms with Crippen LogP contribution < -0.4 is 5.32 Å². The number of carbonyl (C=O) groups excluding carboxylic acids is 1. The molecule has 2 aromatic rings. The molecular formula is C14H10Br2FNO. The number of hydrogen-bond acceptors (Lipinski definition) is 1. The number of aryl methyl sites for hydroxylation is 1. The predicted molar refractivity (Wildman–Crippen MR) is 80.9 cm³/mol. The molecule has 0 aliphatic carbocycles. The molecule has 5 heteroatoms. The van der Waals surface area contributed by atoms with Crippen molar-refractivity contribution < 1.29 is 9.18 Å². The molecule has 0 bridgehead atoms. The maximum Gasteiger partial charge on any atom is 0.255 e. The quantitative estimate of drug-likeness (QED) is 0.780. The molecule has 1 amide bonds. The Morgan fingerprint density at radius 3 is 2.58 bits per heavy atom. The highest BCUT2D eigenvalue weighted by Crippen LogP contribution is 2.26. The number of anilines is 1. The molecule has 0 saturated heterocycles. The maximum absolute atomic E-state index is 13.0. The van der Waals surface area contributed by atoms with Crippen LogP contribution in [0.3, 0.4) is 0 Å². The topological polar surface area (TPSA) is 29.1 Å². The Hall–Kier alpha value is -1.20. The number of halogens is 3. The molecule has 0 heterocycles. The molecule has 2 rings (SSSR count). The second-order valence-corrected chi connectivity index (χ2v) is 5.81. The maximum atomic E-state index is 13.0. The zero-order valence-electron chi connectivity index (χ0n) is 10.0. The van der Waals surface area contributed by atoms with Crippen molar-refractivity contribution in [3.8, 4) is 0 Å². The van der Waals surface area contributed by atoms with E-state index in [4.69, 9.17) is 0 Å². The summed E-state index contributed by atoms with van der Waals surface area (Å²) >= 11 is 6.71. The number of carbonyl (C=O) groups is 1. The number of nitrogens with one attached hydrogen (secondary N) is 1. The van der Waals surface area contributed by atoms with Crippen molar-refractivity contribution in [1.82, 2.24) is 0 Å². The van der Waals surface area contributed by atoms with Crippen LogP contribution in [0.4, 0.5) is 10.1 Å². The Morgan fingerprint density at radius 2 is 1.89 bits per heavy atom. The second kappa shape index (κ2) is 5.84. The first kappa shape index (κ1) is 14.2. The van der Waals surface area contributed by atoms with E-state index in [1.807, 2.05) is 12.1 Å². The summed E-state index contributed by atoms with van der Waals surface area (Å²) in [5.74, 6) is -0.617. The average molecular weight is 387 g/mol. The van der Waals surface area contributed by atoms with Gasteiger partial charge in [-0.3, -0.25) is 4.79 Å². The summed E-state index contributed by atoms with van der Waals surface area (Å²) in [6, 6.07) is 9.58. The van der Waals surface area contributed by atoms with Crippen molar-refractivity contribution >= 4 is 43.5 Å². The molecule has 0 aliphatic rings. The third-order valence-electron chi connectivity index (χ3n) is 2.61. The SMILES string of the molecule is Cc1cc(F)ccc1C(=O)Nc1cc(Br)ccc1Br. The van der Waals surface area contributed by atoms with E-state index >= 15 is 0 Å². The monoisotopic (exact) mass is 385 g/mol. The molecule has 2 aromatic carbocycles. The Balaban J connectivity index is 2.28. The van der Waals surface area contributed by atoms with Gasteiger partial charge in [-0.1, -0.05) is 15.9 Å². The van der Waals surface area contributed by atoms with Crippen LogP contribution in [0, 0.1) is 12.7 Å². The van der Waals surface area contributed by atoms with Gasteiger partial charge in [-0.25, -0.2) is 4.39 Å². The predicted octanol–water partition coefficient (Wildman–Crippen LogP) is 4.91. The van der Waals surface area contributed by atoms with Gasteiger partial charge in [0.1, 0.15) is 5.82 Å². The minimum Gasteiger partial charge on any atom is -0.321 e. The summed E-state index contributed by atoms with van der Waals surface area (Å²) < 4.78 is 14.7. The molecular weight excluding hydrogens is 377 g/mol. The van der Waals surface area contributed by atoms with Gasteiger partial charge in [0.25, 0.3) is 5.91 Å². The fourth-order valence-electron chi connectivity index (χ4n) is 1.66. The van der Waals surface area contributed by atoms with E-state index in [2.05, 4.69) is 37.2 Å². The lowest BCUT2D eigenvalue weighted by Crippen LogP contribution is -2.13. The van der Waals surface area contributed by atoms with Crippen molar-refractivity contribution in [3.63, 3.8) is 0 Å². The van der Waals surface area contributed by atoms with E-state index in [0.717, 1.165) is 8.95 Å². The van der Waals surface area contributed by atoms with Crippen LogP contribution in [0.1, 0.15) is 15.9 Å². The van der Waals surface area contributed by atoms with Crippen LogP contribution in [-0.2, 0) is 0 Å². The molecule has 0 aliphatic heterocycles. The molecule has 0 fully saturated rings. The molecule has 19 heavy (non-hydrogen) atoms. The van der Waals surface area contributed by atoms with E-state index in [9.17, 15) is 9.18 Å². The minimum absolute atomic E-state index is 0.267. The minimum atomic E-state index is -0.349. The Morgan fingerprint density at radius 1 is 1.16 bits per heavy atom. The smallest absolute Gasteiger partial charge is 0.255 e. The van der Waals surface area contributed by atoms with Crippen LogP contribution >= 0.6 is 31.9 Å². The van der Waals surface area contributed by atoms with Crippen LogP contribution in [0.5, 0.6) is 0 Å². The fourth-order valence-corrected chi connectivity index (χ4v) is 2.37. The summed E-state index contributed by atoms with van der Waals surface area (Å²) in [4.78, 5) is 12.1. The molecule has 0 aromatic heterocycles. The van der Waals surface area contributed by atoms with E-state index < -0.39 is 0 Å². The Bertz CT molecular complexity index is 643. The van der Waals surface area contributed by atoms with Crippen LogP contribution in [0.2, 0.25) is 0 Å². The number of amides is 1. The number of hydrogen-bond donors (Lipinski definition) is 1. The van der Waals surface area contributed by atoms with Crippen LogP contribution in [0.25, 0.3) is 0 Å². The highest BCUT2D eigenvalue weighted by Gasteiger charge is 2.11. The molecule has 2 nitrogen and oxygen atoms in total. The fraction of sp³-hybridized carbons (Fsp3) is 0.0714. The van der Waals surface area contributed by atoms with Gasteiger partial charge in [0.15, 0.2) is 0 Å². The van der Waals surface area contributed by atoms with E-state index in [-0.39, 0.29) is 11.7 Å². The highest BCUT2D eigenvalue weighted by molar-refractivity contribution is 9.11. The highest BCUT2D eigenvalue weighted by atomic mass is 79.9.